The molecular weight excluding hydrogens is 184 g/mol. The van der Waals surface area contributed by atoms with E-state index in [1.807, 2.05) is 30.5 Å². The maximum absolute atomic E-state index is 8.78. The fraction of sp³-hybridized carbons (Fsp3) is 0.154. The number of aromatic nitrogens is 1. The van der Waals surface area contributed by atoms with Gasteiger partial charge in [0.05, 0.1) is 11.6 Å². The van der Waals surface area contributed by atoms with Gasteiger partial charge in [0.25, 0.3) is 0 Å². The zero-order valence-corrected chi connectivity index (χ0v) is 8.64. The Bertz CT molecular complexity index is 503. The number of hydrogen-bond acceptors (Lipinski definition) is 1. The van der Waals surface area contributed by atoms with Gasteiger partial charge in [0.15, 0.2) is 0 Å². The zero-order valence-electron chi connectivity index (χ0n) is 8.64. The molecule has 0 aliphatic heterocycles. The predicted octanol–water partition coefficient (Wildman–Crippen LogP) is 2.72. The molecule has 2 aromatic rings. The lowest BCUT2D eigenvalue weighted by Crippen LogP contribution is -1.96. The van der Waals surface area contributed by atoms with Crippen molar-refractivity contribution in [1.29, 1.82) is 5.26 Å². The maximum Gasteiger partial charge on any atom is 0.0991 e. The van der Waals surface area contributed by atoms with Gasteiger partial charge in [-0.25, -0.2) is 0 Å². The van der Waals surface area contributed by atoms with E-state index < -0.39 is 0 Å². The third-order valence-corrected chi connectivity index (χ3v) is 2.32. The molecule has 0 radical (unpaired) electrons. The van der Waals surface area contributed by atoms with Crippen LogP contribution in [-0.2, 0) is 6.54 Å². The molecule has 1 aromatic carbocycles. The summed E-state index contributed by atoms with van der Waals surface area (Å²) in [6.07, 6.45) is 4.15. The van der Waals surface area contributed by atoms with Crippen LogP contribution in [0.1, 0.15) is 16.7 Å². The molecule has 0 N–H and O–H groups in total. The van der Waals surface area contributed by atoms with Gasteiger partial charge in [-0.1, -0.05) is 12.1 Å². The average Bonchev–Trinajstić information content (AvgIpc) is 2.64. The molecule has 15 heavy (non-hydrogen) atoms. The summed E-state index contributed by atoms with van der Waals surface area (Å²) in [6, 6.07) is 11.9. The Kier molecular flexibility index (Phi) is 2.55. The second-order valence-corrected chi connectivity index (χ2v) is 3.67. The molecule has 74 valence electrons. The van der Waals surface area contributed by atoms with E-state index in [2.05, 4.69) is 29.8 Å². The second-order valence-electron chi connectivity index (χ2n) is 3.67. The molecule has 2 nitrogen and oxygen atoms in total. The number of nitriles is 1. The van der Waals surface area contributed by atoms with E-state index in [4.69, 9.17) is 5.26 Å². The molecule has 2 rings (SSSR count). The average molecular weight is 196 g/mol. The van der Waals surface area contributed by atoms with Crippen LogP contribution in [0.5, 0.6) is 0 Å². The van der Waals surface area contributed by atoms with Gasteiger partial charge >= 0.3 is 0 Å². The normalized spacial score (nSPS) is 9.87. The SMILES string of the molecule is Cc1ccn(Cc2cccc(C#N)c2)c1. The highest BCUT2D eigenvalue weighted by Crippen LogP contribution is 2.07. The lowest BCUT2D eigenvalue weighted by atomic mass is 10.1. The fourth-order valence-electron chi connectivity index (χ4n) is 1.61. The van der Waals surface area contributed by atoms with Crippen molar-refractivity contribution in [3.05, 3.63) is 59.4 Å². The van der Waals surface area contributed by atoms with Crippen molar-refractivity contribution in [2.45, 2.75) is 13.5 Å². The highest BCUT2D eigenvalue weighted by molar-refractivity contribution is 5.33. The smallest absolute Gasteiger partial charge is 0.0991 e. The molecule has 0 saturated carbocycles. The van der Waals surface area contributed by atoms with E-state index in [0.717, 1.165) is 17.7 Å². The van der Waals surface area contributed by atoms with Crippen LogP contribution in [0.15, 0.2) is 42.7 Å². The van der Waals surface area contributed by atoms with Gasteiger partial charge in [0.2, 0.25) is 0 Å². The molecule has 0 atom stereocenters. The monoisotopic (exact) mass is 196 g/mol. The molecule has 0 unspecified atom stereocenters. The molecule has 0 spiro atoms. The van der Waals surface area contributed by atoms with E-state index >= 15 is 0 Å². The van der Waals surface area contributed by atoms with Crippen LogP contribution in [-0.4, -0.2) is 4.57 Å². The maximum atomic E-state index is 8.78. The summed E-state index contributed by atoms with van der Waals surface area (Å²) in [4.78, 5) is 0. The number of nitrogens with zero attached hydrogens (tertiary/aromatic N) is 2. The van der Waals surface area contributed by atoms with E-state index in [-0.39, 0.29) is 0 Å². The van der Waals surface area contributed by atoms with Crippen molar-refractivity contribution < 1.29 is 0 Å². The van der Waals surface area contributed by atoms with Crippen molar-refractivity contribution in [2.24, 2.45) is 0 Å². The molecule has 0 aliphatic rings. The molecule has 0 amide bonds. The summed E-state index contributed by atoms with van der Waals surface area (Å²) in [5.41, 5.74) is 3.13. The third kappa shape index (κ3) is 2.26. The fourth-order valence-corrected chi connectivity index (χ4v) is 1.61. The van der Waals surface area contributed by atoms with E-state index in [1.165, 1.54) is 5.56 Å². The van der Waals surface area contributed by atoms with Gasteiger partial charge in [0, 0.05) is 18.9 Å². The number of aryl methyl sites for hydroxylation is 1. The van der Waals surface area contributed by atoms with Crippen LogP contribution in [0.2, 0.25) is 0 Å². The Balaban J connectivity index is 2.21. The topological polar surface area (TPSA) is 28.7 Å². The van der Waals surface area contributed by atoms with E-state index in [0.29, 0.717) is 0 Å². The van der Waals surface area contributed by atoms with Gasteiger partial charge in [-0.15, -0.1) is 0 Å². The number of benzene rings is 1. The Labute approximate surface area is 89.4 Å². The van der Waals surface area contributed by atoms with Gasteiger partial charge in [0.1, 0.15) is 0 Å². The largest absolute Gasteiger partial charge is 0.350 e. The molecule has 0 saturated heterocycles. The third-order valence-electron chi connectivity index (χ3n) is 2.32. The Morgan fingerprint density at radius 2 is 2.20 bits per heavy atom. The minimum Gasteiger partial charge on any atom is -0.350 e. The van der Waals surface area contributed by atoms with Crippen molar-refractivity contribution in [3.63, 3.8) is 0 Å². The first-order chi connectivity index (χ1) is 7.28. The van der Waals surface area contributed by atoms with E-state index in [9.17, 15) is 0 Å². The van der Waals surface area contributed by atoms with Crippen molar-refractivity contribution in [2.75, 3.05) is 0 Å². The lowest BCUT2D eigenvalue weighted by Gasteiger charge is -2.03. The Hall–Kier alpha value is -2.01. The summed E-state index contributed by atoms with van der Waals surface area (Å²) in [6.45, 7) is 2.89. The molecule has 1 aromatic heterocycles. The van der Waals surface area contributed by atoms with Crippen LogP contribution in [0.25, 0.3) is 0 Å². The first-order valence-corrected chi connectivity index (χ1v) is 4.89. The molecular formula is C13H12N2. The number of rotatable bonds is 2. The summed E-state index contributed by atoms with van der Waals surface area (Å²) in [5, 5.41) is 8.78. The number of hydrogen-bond donors (Lipinski definition) is 0. The molecule has 0 fully saturated rings. The summed E-state index contributed by atoms with van der Waals surface area (Å²) in [5.74, 6) is 0. The summed E-state index contributed by atoms with van der Waals surface area (Å²) in [7, 11) is 0. The minimum absolute atomic E-state index is 0.719. The Morgan fingerprint density at radius 1 is 1.33 bits per heavy atom. The zero-order chi connectivity index (χ0) is 10.7. The standard InChI is InChI=1S/C13H12N2/c1-11-5-6-15(9-11)10-13-4-2-3-12(7-13)8-14/h2-7,9H,10H2,1H3. The van der Waals surface area contributed by atoms with E-state index in [1.54, 1.807) is 0 Å². The summed E-state index contributed by atoms with van der Waals surface area (Å²) >= 11 is 0. The first-order valence-electron chi connectivity index (χ1n) is 4.89. The first kappa shape index (κ1) is 9.54. The van der Waals surface area contributed by atoms with Gasteiger partial charge < -0.3 is 4.57 Å². The van der Waals surface area contributed by atoms with Crippen LogP contribution in [0, 0.1) is 18.3 Å². The molecule has 1 heterocycles. The summed E-state index contributed by atoms with van der Waals surface area (Å²) < 4.78 is 2.12. The van der Waals surface area contributed by atoms with Crippen LogP contribution in [0.4, 0.5) is 0 Å². The molecule has 0 bridgehead atoms. The highest BCUT2D eigenvalue weighted by Gasteiger charge is 1.97. The van der Waals surface area contributed by atoms with Gasteiger partial charge in [-0.3, -0.25) is 0 Å². The van der Waals surface area contributed by atoms with Crippen LogP contribution in [0.3, 0.4) is 0 Å². The van der Waals surface area contributed by atoms with Crippen molar-refractivity contribution >= 4 is 0 Å². The predicted molar refractivity (Wildman–Crippen MR) is 59.4 cm³/mol. The highest BCUT2D eigenvalue weighted by atomic mass is 14.9. The molecule has 2 heteroatoms. The van der Waals surface area contributed by atoms with Gasteiger partial charge in [-0.05, 0) is 36.2 Å². The second kappa shape index (κ2) is 4.02. The quantitative estimate of drug-likeness (QED) is 0.726. The van der Waals surface area contributed by atoms with Crippen molar-refractivity contribution in [3.8, 4) is 6.07 Å². The van der Waals surface area contributed by atoms with Crippen LogP contribution >= 0.6 is 0 Å². The van der Waals surface area contributed by atoms with Crippen LogP contribution < -0.4 is 0 Å². The van der Waals surface area contributed by atoms with Gasteiger partial charge in [-0.2, -0.15) is 5.26 Å². The molecule has 0 aliphatic carbocycles. The minimum atomic E-state index is 0.719. The lowest BCUT2D eigenvalue weighted by molar-refractivity contribution is 0.804. The Morgan fingerprint density at radius 3 is 2.87 bits per heavy atom. The van der Waals surface area contributed by atoms with Crippen molar-refractivity contribution in [1.82, 2.24) is 4.57 Å².